The molecule has 0 spiro atoms. The number of benzene rings is 6. The number of aryl methyl sites for hydroxylation is 4. The van der Waals surface area contributed by atoms with Crippen molar-refractivity contribution in [2.75, 3.05) is 55.3 Å². The maximum atomic E-state index is 12.7. The Kier molecular flexibility index (Phi) is 39.3. The number of likely N-dealkylation sites (N-methyl/N-ethyl adjacent to an activating group) is 1. The average molecular weight is 1490 g/mol. The Labute approximate surface area is 629 Å². The first kappa shape index (κ1) is 95.6. The Bertz CT molecular complexity index is 4150. The van der Waals surface area contributed by atoms with Gasteiger partial charge in [0, 0.05) is 69.9 Å². The number of methoxy groups -OCH3 is 4. The van der Waals surface area contributed by atoms with Crippen molar-refractivity contribution >= 4 is 79.8 Å². The Balaban J connectivity index is 0.000000668. The molecule has 24 heteroatoms. The van der Waals surface area contributed by atoms with Crippen LogP contribution in [0.25, 0.3) is 55.0 Å². The molecule has 8 aromatic rings. The number of aliphatic hydroxyl groups excluding tert-OH is 3. The summed E-state index contributed by atoms with van der Waals surface area (Å²) < 4.78 is 58.1. The molecule has 6 aromatic carbocycles. The van der Waals surface area contributed by atoms with E-state index in [4.69, 9.17) is 51.8 Å². The molecule has 4 heterocycles. The minimum Gasteiger partial charge on any atom is -0.469 e. The number of fused-ring (bicyclic) bond motifs is 7. The van der Waals surface area contributed by atoms with Crippen molar-refractivity contribution in [1.29, 1.82) is 0 Å². The van der Waals surface area contributed by atoms with Gasteiger partial charge in [0.15, 0.2) is 12.6 Å². The number of aliphatic hydroxyl groups is 3. The normalized spacial score (nSPS) is 19.5. The number of rotatable bonds is 15. The number of carbonyl (C=O) groups excluding carboxylic acids is 6. The number of hydrogen-bond donors (Lipinski definition) is 5. The Hall–Kier alpha value is -9.40. The lowest BCUT2D eigenvalue weighted by molar-refractivity contribution is -0.280. The van der Waals surface area contributed by atoms with Crippen LogP contribution in [0.1, 0.15) is 143 Å². The van der Waals surface area contributed by atoms with Crippen LogP contribution >= 0.6 is 0 Å². The molecule has 0 bridgehead atoms. The molecular formula is C83H116N2O22. The molecule has 2 amide bonds. The molecule has 2 aliphatic heterocycles. The fourth-order valence-corrected chi connectivity index (χ4v) is 12.3. The number of alkyl carbamates (subject to hydrolysis) is 1. The van der Waals surface area contributed by atoms with Crippen molar-refractivity contribution in [2.24, 2.45) is 17.8 Å². The van der Waals surface area contributed by atoms with Crippen LogP contribution in [0.3, 0.4) is 0 Å². The number of ether oxygens (including phenoxy) is 9. The molecule has 2 fully saturated rings. The van der Waals surface area contributed by atoms with Gasteiger partial charge in [0.05, 0.1) is 67.4 Å². The summed E-state index contributed by atoms with van der Waals surface area (Å²) in [6.45, 7) is 18.0. The van der Waals surface area contributed by atoms with Crippen molar-refractivity contribution in [3.63, 3.8) is 0 Å². The molecule has 1 aliphatic carbocycles. The molecule has 590 valence electrons. The average Bonchev–Trinajstić information content (AvgIpc) is 1.60. The smallest absolute Gasteiger partial charge is 0.407 e. The maximum Gasteiger partial charge on any atom is 0.407 e. The van der Waals surface area contributed by atoms with Gasteiger partial charge in [0.1, 0.15) is 59.9 Å². The summed E-state index contributed by atoms with van der Waals surface area (Å²) in [6, 6.07) is 33.6. The molecule has 11 rings (SSSR count). The molecule has 3 aliphatic rings. The molecule has 0 saturated carbocycles. The number of para-hydroxylation sites is 2. The predicted molar refractivity (Wildman–Crippen MR) is 417 cm³/mol. The summed E-state index contributed by atoms with van der Waals surface area (Å²) >= 11 is 0. The first-order chi connectivity index (χ1) is 48.2. The molecule has 5 N–H and O–H groups in total. The van der Waals surface area contributed by atoms with E-state index in [1.165, 1.54) is 53.4 Å². The lowest BCUT2D eigenvalue weighted by Crippen LogP contribution is -2.55. The van der Waals surface area contributed by atoms with Crippen LogP contribution in [0.5, 0.6) is 0 Å². The second-order valence-corrected chi connectivity index (χ2v) is 25.0. The largest absolute Gasteiger partial charge is 0.469 e. The molecule has 24 nitrogen and oxygen atoms in total. The Morgan fingerprint density at radius 2 is 1.01 bits per heavy atom. The fourth-order valence-electron chi connectivity index (χ4n) is 12.3. The van der Waals surface area contributed by atoms with E-state index in [1.807, 2.05) is 84.0 Å². The summed E-state index contributed by atoms with van der Waals surface area (Å²) in [5.41, 5.74) is 12.0. The second kappa shape index (κ2) is 44.0. The highest BCUT2D eigenvalue weighted by Crippen LogP contribution is 2.45. The quantitative estimate of drug-likeness (QED) is 0.0362. The number of esters is 4. The summed E-state index contributed by atoms with van der Waals surface area (Å²) in [5, 5.41) is 35.2. The maximum absolute atomic E-state index is 12.7. The van der Waals surface area contributed by atoms with Crippen LogP contribution in [-0.2, 0) is 79.4 Å². The van der Waals surface area contributed by atoms with Crippen LogP contribution in [0.15, 0.2) is 128 Å². The minimum atomic E-state index is -1.05. The summed E-state index contributed by atoms with van der Waals surface area (Å²) in [5.74, 6) is -2.13. The van der Waals surface area contributed by atoms with Gasteiger partial charge in [-0.3, -0.25) is 28.8 Å². The van der Waals surface area contributed by atoms with Gasteiger partial charge in [-0.2, -0.15) is 0 Å². The van der Waals surface area contributed by atoms with Crippen LogP contribution in [0.2, 0.25) is 0 Å². The van der Waals surface area contributed by atoms with Crippen molar-refractivity contribution in [3.8, 4) is 11.1 Å². The molecule has 2 saturated heterocycles. The molecule has 11 atom stereocenters. The first-order valence-corrected chi connectivity index (χ1v) is 33.2. The van der Waals surface area contributed by atoms with Crippen LogP contribution in [0, 0.1) is 45.4 Å². The SMILES string of the molecule is C.C.C.C.C.C.CC[C@H](NC(=O)OCC1c2ccccc2-c2ccccc21)C(=O)OC.CNC(=O)Cc1cccc2c(=O)c3ccc(C)c(C)c3oc12.COC(=O)Cc1cccc2c(=O)c3ccc(C)c(C)c3oc12.COC1OC(CO)C(C)C(O)C1O.COC1OC(COC(C)=O)C(C)C(OC(C)=O)C1C. The van der Waals surface area contributed by atoms with Gasteiger partial charge in [0.25, 0.3) is 0 Å². The molecular weight excluding hydrogens is 1380 g/mol. The second-order valence-electron chi connectivity index (χ2n) is 25.0. The van der Waals surface area contributed by atoms with Crippen molar-refractivity contribution in [3.05, 3.63) is 174 Å². The van der Waals surface area contributed by atoms with Gasteiger partial charge < -0.3 is 77.4 Å². The predicted octanol–water partition coefficient (Wildman–Crippen LogP) is 13.3. The summed E-state index contributed by atoms with van der Waals surface area (Å²) in [6.07, 6.45) is -4.38. The zero-order valence-corrected chi connectivity index (χ0v) is 59.7. The van der Waals surface area contributed by atoms with E-state index in [0.29, 0.717) is 55.9 Å². The van der Waals surface area contributed by atoms with Gasteiger partial charge in [-0.25, -0.2) is 9.59 Å². The lowest BCUT2D eigenvalue weighted by Gasteiger charge is -2.43. The lowest BCUT2D eigenvalue weighted by atomic mass is 9.86. The van der Waals surface area contributed by atoms with Crippen molar-refractivity contribution < 1.29 is 95.6 Å². The Morgan fingerprint density at radius 1 is 0.533 bits per heavy atom. The number of nitrogens with one attached hydrogen (secondary N) is 2. The van der Waals surface area contributed by atoms with Crippen LogP contribution in [0.4, 0.5) is 4.79 Å². The number of amides is 2. The monoisotopic (exact) mass is 1490 g/mol. The molecule has 107 heavy (non-hydrogen) atoms. The topological polar surface area (TPSA) is 331 Å². The molecule has 2 aromatic heterocycles. The fraction of sp³-hybridized carbons (Fsp3) is 0.470. The van der Waals surface area contributed by atoms with Gasteiger partial charge in [-0.05, 0) is 103 Å². The van der Waals surface area contributed by atoms with Gasteiger partial charge in [-0.1, -0.05) is 157 Å². The van der Waals surface area contributed by atoms with E-state index in [1.54, 1.807) is 63.4 Å². The van der Waals surface area contributed by atoms with E-state index in [-0.39, 0.29) is 148 Å². The zero-order valence-electron chi connectivity index (χ0n) is 59.7. The van der Waals surface area contributed by atoms with Gasteiger partial charge in [0.2, 0.25) is 16.8 Å². The van der Waals surface area contributed by atoms with Crippen molar-refractivity contribution in [1.82, 2.24) is 10.6 Å². The number of carbonyl (C=O) groups is 6. The van der Waals surface area contributed by atoms with E-state index < -0.39 is 49.0 Å². The highest BCUT2D eigenvalue weighted by Gasteiger charge is 2.45. The zero-order chi connectivity index (χ0) is 74.1. The van der Waals surface area contributed by atoms with E-state index in [9.17, 15) is 48.6 Å². The van der Waals surface area contributed by atoms with E-state index >= 15 is 0 Å². The Morgan fingerprint density at radius 3 is 1.45 bits per heavy atom. The van der Waals surface area contributed by atoms with Crippen LogP contribution in [-0.4, -0.2) is 156 Å². The number of hydrogen-bond acceptors (Lipinski definition) is 22. The van der Waals surface area contributed by atoms with Gasteiger partial charge in [-0.15, -0.1) is 0 Å². The highest BCUT2D eigenvalue weighted by molar-refractivity contribution is 5.96. The summed E-state index contributed by atoms with van der Waals surface area (Å²) in [4.78, 5) is 94.3. The third-order valence-electron chi connectivity index (χ3n) is 18.5. The third-order valence-corrected chi connectivity index (χ3v) is 18.5. The van der Waals surface area contributed by atoms with Crippen molar-refractivity contribution in [2.45, 2.75) is 188 Å². The molecule has 10 unspecified atom stereocenters. The standard InChI is InChI=1S/C20H21NO4.C18H17NO3.C18H16O4.C13H22O6.C8H16O5.6CH4/c1-3-18(19(22)24-2)21-20(23)25-12-17-15-10-6-4-8-13(15)14-9-5-7-11-16(14)17;1-10-7-8-14-16(21)13-6-4-5-12(9-15(20)19-3)18(13)22-17(14)11(10)2;1-10-7-8-14-16(20)13-6-4-5-12(9-15(19)21-3)18(13)22-17(14)11(10)2;1-7-11(6-17-9(3)14)19-13(16-5)8(2)12(7)18-10(4)15;1-4-5(3-9)13-8(12-2)7(11)6(4)10;;;;;;/h4-11,17-18H,3,12H2,1-2H3,(H,21,23);4-8H,9H2,1-3H3,(H,19,20);4-8H,9H2,1-3H3;7-8,11-13H,6H2,1-5H3;4-11H,3H2,1-2H3;6*1H4/t18-;;;;;;;;;;/m0........../s1. The van der Waals surface area contributed by atoms with E-state index in [0.717, 1.165) is 38.9 Å². The first-order valence-electron chi connectivity index (χ1n) is 33.2. The van der Waals surface area contributed by atoms with Crippen LogP contribution < -0.4 is 21.5 Å². The minimum absolute atomic E-state index is 0. The van der Waals surface area contributed by atoms with Gasteiger partial charge >= 0.3 is 30.0 Å². The third kappa shape index (κ3) is 22.8. The summed E-state index contributed by atoms with van der Waals surface area (Å²) in [7, 11) is 7.14. The van der Waals surface area contributed by atoms with E-state index in [2.05, 4.69) is 39.6 Å². The molecule has 0 radical (unpaired) electrons. The highest BCUT2D eigenvalue weighted by atomic mass is 16.7.